The summed E-state index contributed by atoms with van der Waals surface area (Å²) in [6, 6.07) is 13.9. The minimum absolute atomic E-state index is 0.0161. The number of hydrogen-bond acceptors (Lipinski definition) is 6. The van der Waals surface area contributed by atoms with Crippen molar-refractivity contribution in [2.45, 2.75) is 53.4 Å². The number of carbonyl (C=O) groups excluding carboxylic acids is 2. The highest BCUT2D eigenvalue weighted by Gasteiger charge is 2.44. The molecule has 49 heavy (non-hydrogen) atoms. The minimum Gasteiger partial charge on any atom is -0.370 e. The first kappa shape index (κ1) is 35.0. The number of anilines is 5. The van der Waals surface area contributed by atoms with E-state index >= 15 is 8.78 Å². The number of hydrogen-bond donors (Lipinski definition) is 2. The predicted molar refractivity (Wildman–Crippen MR) is 179 cm³/mol. The van der Waals surface area contributed by atoms with Crippen LogP contribution < -0.4 is 25.3 Å². The number of benzene rings is 3. The van der Waals surface area contributed by atoms with E-state index in [4.69, 9.17) is 4.98 Å². The molecule has 3 aromatic carbocycles. The van der Waals surface area contributed by atoms with Crippen molar-refractivity contribution >= 4 is 40.8 Å². The van der Waals surface area contributed by atoms with E-state index in [1.54, 1.807) is 13.0 Å². The standard InChI is InChI=1S/C35H36F5N7O2/c1-6-45(23-10-7-9-21(4)17-23)16-15-41-33-43-29(25-18-24(14-13-22(25)5)46(20(2)3)32(48)35(38,39)40)26-19-42-34(49)47(31(26)44-33)30-27(36)11-8-12-28(30)37/h7-14,17-18,20H,6,15-16,19H2,1-5H3,(H,42,49)(H,41,43,44). The van der Waals surface area contributed by atoms with Crippen LogP contribution in [0.1, 0.15) is 37.5 Å². The van der Waals surface area contributed by atoms with Gasteiger partial charge in [0.15, 0.2) is 5.82 Å². The van der Waals surface area contributed by atoms with Crippen LogP contribution in [0.25, 0.3) is 11.3 Å². The normalized spacial score (nSPS) is 12.9. The summed E-state index contributed by atoms with van der Waals surface area (Å²) in [5.74, 6) is -4.14. The molecule has 0 saturated carbocycles. The number of urea groups is 1. The van der Waals surface area contributed by atoms with E-state index in [0.717, 1.165) is 28.3 Å². The van der Waals surface area contributed by atoms with Gasteiger partial charge in [0.05, 0.1) is 12.2 Å². The molecule has 9 nitrogen and oxygen atoms in total. The second-order valence-electron chi connectivity index (χ2n) is 11.9. The lowest BCUT2D eigenvalue weighted by atomic mass is 9.98. The molecule has 2 N–H and O–H groups in total. The van der Waals surface area contributed by atoms with Crippen LogP contribution in [0.5, 0.6) is 0 Å². The third-order valence-corrected chi connectivity index (χ3v) is 8.12. The summed E-state index contributed by atoms with van der Waals surface area (Å²) in [5.41, 5.74) is 2.79. The molecule has 0 spiro atoms. The third kappa shape index (κ3) is 7.27. The highest BCUT2D eigenvalue weighted by molar-refractivity contribution is 6.02. The Morgan fingerprint density at radius 3 is 2.33 bits per heavy atom. The van der Waals surface area contributed by atoms with Crippen LogP contribution in [-0.4, -0.2) is 53.8 Å². The molecule has 2 heterocycles. The van der Waals surface area contributed by atoms with Crippen molar-refractivity contribution in [3.8, 4) is 11.3 Å². The molecule has 0 atom stereocenters. The molecule has 1 aliphatic heterocycles. The summed E-state index contributed by atoms with van der Waals surface area (Å²) < 4.78 is 71.2. The van der Waals surface area contributed by atoms with Gasteiger partial charge in [-0.15, -0.1) is 0 Å². The molecule has 0 fully saturated rings. The zero-order chi connectivity index (χ0) is 35.6. The van der Waals surface area contributed by atoms with Crippen molar-refractivity contribution in [2.24, 2.45) is 0 Å². The second-order valence-corrected chi connectivity index (χ2v) is 11.9. The Balaban J connectivity index is 1.64. The van der Waals surface area contributed by atoms with Crippen LogP contribution in [0.2, 0.25) is 0 Å². The van der Waals surface area contributed by atoms with E-state index in [1.807, 2.05) is 32.0 Å². The Kier molecular flexibility index (Phi) is 10.1. The Bertz CT molecular complexity index is 1860. The van der Waals surface area contributed by atoms with Crippen molar-refractivity contribution < 1.29 is 31.5 Å². The first-order valence-electron chi connectivity index (χ1n) is 15.7. The number of aromatic nitrogens is 2. The molecule has 0 bridgehead atoms. The highest BCUT2D eigenvalue weighted by Crippen LogP contribution is 2.40. The summed E-state index contributed by atoms with van der Waals surface area (Å²) in [5, 5.41) is 5.77. The van der Waals surface area contributed by atoms with E-state index < -0.39 is 41.5 Å². The number of nitrogens with one attached hydrogen (secondary N) is 2. The average molecular weight is 682 g/mol. The molecular formula is C35H36F5N7O2. The number of amides is 3. The van der Waals surface area contributed by atoms with Crippen LogP contribution in [0.3, 0.4) is 0 Å². The van der Waals surface area contributed by atoms with Crippen molar-refractivity contribution in [3.05, 3.63) is 89.0 Å². The Hall–Kier alpha value is -5.27. The van der Waals surface area contributed by atoms with Gasteiger partial charge in [0.25, 0.3) is 0 Å². The van der Waals surface area contributed by atoms with Gasteiger partial charge in [-0.2, -0.15) is 18.2 Å². The van der Waals surface area contributed by atoms with E-state index in [1.165, 1.54) is 32.0 Å². The number of carbonyl (C=O) groups is 2. The Labute approximate surface area is 280 Å². The fourth-order valence-electron chi connectivity index (χ4n) is 5.77. The first-order chi connectivity index (χ1) is 23.2. The lowest BCUT2D eigenvalue weighted by Crippen LogP contribution is -2.45. The highest BCUT2D eigenvalue weighted by atomic mass is 19.4. The first-order valence-corrected chi connectivity index (χ1v) is 15.7. The van der Waals surface area contributed by atoms with Crippen LogP contribution >= 0.6 is 0 Å². The monoisotopic (exact) mass is 681 g/mol. The molecule has 1 aliphatic rings. The van der Waals surface area contributed by atoms with Gasteiger partial charge in [-0.1, -0.05) is 24.3 Å². The van der Waals surface area contributed by atoms with Crippen LogP contribution in [0.4, 0.5) is 55.6 Å². The predicted octanol–water partition coefficient (Wildman–Crippen LogP) is 7.64. The number of rotatable bonds is 10. The van der Waals surface area contributed by atoms with Crippen LogP contribution in [-0.2, 0) is 11.3 Å². The molecule has 1 aromatic heterocycles. The molecule has 5 rings (SSSR count). The largest absolute Gasteiger partial charge is 0.471 e. The molecule has 4 aromatic rings. The van der Waals surface area contributed by atoms with Crippen molar-refractivity contribution in [3.63, 3.8) is 0 Å². The topological polar surface area (TPSA) is 93.7 Å². The molecule has 0 unspecified atom stereocenters. The fourth-order valence-corrected chi connectivity index (χ4v) is 5.77. The van der Waals surface area contributed by atoms with Crippen LogP contribution in [0.15, 0.2) is 60.7 Å². The number of nitrogens with zero attached hydrogens (tertiary/aromatic N) is 5. The number of likely N-dealkylation sites (N-methyl/N-ethyl adjacent to an activating group) is 1. The SMILES string of the molecule is CCN(CCNc1nc(-c2cc(N(C(=O)C(F)(F)F)C(C)C)ccc2C)c2c(n1)N(c1c(F)cccc1F)C(=O)NC2)c1cccc(C)c1. The number of halogens is 5. The van der Waals surface area contributed by atoms with E-state index in [9.17, 15) is 22.8 Å². The zero-order valence-electron chi connectivity index (χ0n) is 27.6. The number of alkyl halides is 3. The second kappa shape index (κ2) is 14.1. The average Bonchev–Trinajstić information content (AvgIpc) is 3.04. The maximum Gasteiger partial charge on any atom is 0.471 e. The summed E-state index contributed by atoms with van der Waals surface area (Å²) in [4.78, 5) is 38.6. The quantitative estimate of drug-likeness (QED) is 0.167. The lowest BCUT2D eigenvalue weighted by Gasteiger charge is -2.31. The smallest absolute Gasteiger partial charge is 0.370 e. The van der Waals surface area contributed by atoms with E-state index in [-0.39, 0.29) is 35.3 Å². The Morgan fingerprint density at radius 1 is 1.00 bits per heavy atom. The lowest BCUT2D eigenvalue weighted by molar-refractivity contribution is -0.170. The maximum atomic E-state index is 15.1. The fraction of sp³-hybridized carbons (Fsp3) is 0.314. The van der Waals surface area contributed by atoms with Gasteiger partial charge < -0.3 is 20.4 Å². The summed E-state index contributed by atoms with van der Waals surface area (Å²) in [6.07, 6.45) is -5.13. The molecule has 0 aliphatic carbocycles. The van der Waals surface area contributed by atoms with Crippen molar-refractivity contribution in [2.75, 3.05) is 39.7 Å². The molecular weight excluding hydrogens is 645 g/mol. The molecule has 14 heteroatoms. The molecule has 0 saturated heterocycles. The van der Waals surface area contributed by atoms with E-state index in [0.29, 0.717) is 35.7 Å². The van der Waals surface area contributed by atoms with Gasteiger partial charge in [0, 0.05) is 48.2 Å². The summed E-state index contributed by atoms with van der Waals surface area (Å²) in [7, 11) is 0. The number of fused-ring (bicyclic) bond motifs is 1. The minimum atomic E-state index is -5.13. The molecule has 0 radical (unpaired) electrons. The summed E-state index contributed by atoms with van der Waals surface area (Å²) in [6.45, 7) is 10.0. The van der Waals surface area contributed by atoms with Gasteiger partial charge in [-0.05, 0) is 82.1 Å². The van der Waals surface area contributed by atoms with Gasteiger partial charge in [-0.3, -0.25) is 4.79 Å². The van der Waals surface area contributed by atoms with Gasteiger partial charge in [-0.25, -0.2) is 23.5 Å². The van der Waals surface area contributed by atoms with Crippen molar-refractivity contribution in [1.82, 2.24) is 15.3 Å². The third-order valence-electron chi connectivity index (χ3n) is 8.12. The zero-order valence-corrected chi connectivity index (χ0v) is 27.6. The van der Waals surface area contributed by atoms with Gasteiger partial charge in [0.1, 0.15) is 17.3 Å². The Morgan fingerprint density at radius 2 is 1.69 bits per heavy atom. The number of para-hydroxylation sites is 1. The molecule has 258 valence electrons. The number of aryl methyl sites for hydroxylation is 2. The van der Waals surface area contributed by atoms with Crippen LogP contribution in [0, 0.1) is 25.5 Å². The molecule has 3 amide bonds. The van der Waals surface area contributed by atoms with E-state index in [2.05, 4.69) is 26.6 Å². The van der Waals surface area contributed by atoms with Crippen molar-refractivity contribution in [1.29, 1.82) is 0 Å². The summed E-state index contributed by atoms with van der Waals surface area (Å²) >= 11 is 0. The maximum absolute atomic E-state index is 15.1. The van der Waals surface area contributed by atoms with Gasteiger partial charge >= 0.3 is 18.1 Å². The van der Waals surface area contributed by atoms with Gasteiger partial charge in [0.2, 0.25) is 5.95 Å².